The number of carboxylic acids is 1. The van der Waals surface area contributed by atoms with E-state index in [4.69, 9.17) is 9.84 Å². The van der Waals surface area contributed by atoms with Crippen LogP contribution in [0.15, 0.2) is 24.3 Å². The maximum absolute atomic E-state index is 11.9. The van der Waals surface area contributed by atoms with Crippen molar-refractivity contribution >= 4 is 23.5 Å². The fourth-order valence-corrected chi connectivity index (χ4v) is 1.87. The van der Waals surface area contributed by atoms with E-state index in [1.807, 2.05) is 0 Å². The molecule has 0 spiro atoms. The van der Waals surface area contributed by atoms with Crippen LogP contribution in [-0.2, 0) is 14.4 Å². The van der Waals surface area contributed by atoms with Gasteiger partial charge in [0.25, 0.3) is 5.91 Å². The molecule has 118 valence electrons. The largest absolute Gasteiger partial charge is 0.482 e. The molecule has 1 heterocycles. The van der Waals surface area contributed by atoms with Crippen molar-refractivity contribution in [3.8, 4) is 5.75 Å². The van der Waals surface area contributed by atoms with Crippen molar-refractivity contribution < 1.29 is 29.3 Å². The molecule has 0 bridgehead atoms. The first-order valence-corrected chi connectivity index (χ1v) is 6.56. The first kappa shape index (κ1) is 15.8. The van der Waals surface area contributed by atoms with Gasteiger partial charge in [-0.05, 0) is 19.1 Å². The van der Waals surface area contributed by atoms with Gasteiger partial charge in [0.05, 0.1) is 12.2 Å². The minimum atomic E-state index is -2.07. The predicted octanol–water partition coefficient (Wildman–Crippen LogP) is -0.636. The van der Waals surface area contributed by atoms with Crippen molar-refractivity contribution in [2.45, 2.75) is 12.5 Å². The first-order chi connectivity index (χ1) is 10.3. The number of ether oxygens (including phenoxy) is 1. The standard InChI is InChI=1S/C14H16N2O6/c1-14(21,13(19)20)8-15-11(17)6-16-9-4-2-3-5-10(9)22-7-12(16)18/h2-5,21H,6-8H2,1H3,(H,15,17)(H,19,20). The zero-order valence-electron chi connectivity index (χ0n) is 11.9. The molecule has 0 saturated heterocycles. The summed E-state index contributed by atoms with van der Waals surface area (Å²) in [5, 5.41) is 20.6. The van der Waals surface area contributed by atoms with Gasteiger partial charge >= 0.3 is 5.97 Å². The van der Waals surface area contributed by atoms with Crippen LogP contribution in [0.2, 0.25) is 0 Å². The van der Waals surface area contributed by atoms with Crippen molar-refractivity contribution in [1.82, 2.24) is 5.32 Å². The van der Waals surface area contributed by atoms with E-state index in [1.165, 1.54) is 4.90 Å². The highest BCUT2D eigenvalue weighted by Gasteiger charge is 2.31. The lowest BCUT2D eigenvalue weighted by atomic mass is 10.1. The lowest BCUT2D eigenvalue weighted by molar-refractivity contribution is -0.156. The summed E-state index contributed by atoms with van der Waals surface area (Å²) in [6, 6.07) is 6.78. The molecule has 0 fully saturated rings. The average molecular weight is 308 g/mol. The van der Waals surface area contributed by atoms with E-state index in [0.29, 0.717) is 11.4 Å². The Morgan fingerprint density at radius 3 is 2.77 bits per heavy atom. The molecular weight excluding hydrogens is 292 g/mol. The molecule has 2 rings (SSSR count). The van der Waals surface area contributed by atoms with Crippen molar-refractivity contribution in [1.29, 1.82) is 0 Å². The number of anilines is 1. The molecule has 0 radical (unpaired) electrons. The maximum Gasteiger partial charge on any atom is 0.337 e. The lowest BCUT2D eigenvalue weighted by Gasteiger charge is -2.29. The van der Waals surface area contributed by atoms with E-state index < -0.39 is 24.0 Å². The Kier molecular flexibility index (Phi) is 4.32. The summed E-state index contributed by atoms with van der Waals surface area (Å²) in [7, 11) is 0. The Morgan fingerprint density at radius 1 is 1.41 bits per heavy atom. The van der Waals surface area contributed by atoms with Crippen LogP contribution in [0.25, 0.3) is 0 Å². The fourth-order valence-electron chi connectivity index (χ4n) is 1.87. The van der Waals surface area contributed by atoms with Gasteiger partial charge in [-0.3, -0.25) is 14.5 Å². The number of carbonyl (C=O) groups is 3. The van der Waals surface area contributed by atoms with Crippen molar-refractivity contribution in [3.05, 3.63) is 24.3 Å². The molecule has 3 N–H and O–H groups in total. The molecule has 1 aliphatic rings. The fraction of sp³-hybridized carbons (Fsp3) is 0.357. The van der Waals surface area contributed by atoms with Gasteiger partial charge in [-0.25, -0.2) is 4.79 Å². The third kappa shape index (κ3) is 3.34. The number of benzene rings is 1. The summed E-state index contributed by atoms with van der Waals surface area (Å²) in [5.41, 5.74) is -1.60. The van der Waals surface area contributed by atoms with Gasteiger partial charge in [-0.1, -0.05) is 12.1 Å². The van der Waals surface area contributed by atoms with Gasteiger partial charge in [-0.2, -0.15) is 0 Å². The molecule has 8 heteroatoms. The highest BCUT2D eigenvalue weighted by Crippen LogP contribution is 2.31. The third-order valence-electron chi connectivity index (χ3n) is 3.20. The minimum Gasteiger partial charge on any atom is -0.482 e. The van der Waals surface area contributed by atoms with Gasteiger partial charge in [0.2, 0.25) is 5.91 Å². The molecule has 2 amide bonds. The van der Waals surface area contributed by atoms with Crippen molar-refractivity contribution in [3.63, 3.8) is 0 Å². The van der Waals surface area contributed by atoms with Crippen LogP contribution in [0.4, 0.5) is 5.69 Å². The summed E-state index contributed by atoms with van der Waals surface area (Å²) in [4.78, 5) is 35.8. The number of para-hydroxylation sites is 2. The van der Waals surface area contributed by atoms with Gasteiger partial charge in [-0.15, -0.1) is 0 Å². The van der Waals surface area contributed by atoms with Crippen LogP contribution in [-0.4, -0.2) is 53.3 Å². The van der Waals surface area contributed by atoms with E-state index in [2.05, 4.69) is 5.32 Å². The van der Waals surface area contributed by atoms with E-state index in [1.54, 1.807) is 24.3 Å². The normalized spacial score (nSPS) is 16.3. The average Bonchev–Trinajstić information content (AvgIpc) is 2.48. The van der Waals surface area contributed by atoms with Gasteiger partial charge in [0, 0.05) is 0 Å². The number of nitrogens with one attached hydrogen (secondary N) is 1. The third-order valence-corrected chi connectivity index (χ3v) is 3.20. The molecule has 0 aromatic heterocycles. The summed E-state index contributed by atoms with van der Waals surface area (Å²) in [6.07, 6.45) is 0. The number of aliphatic carboxylic acids is 1. The second-order valence-corrected chi connectivity index (χ2v) is 5.09. The summed E-state index contributed by atoms with van der Waals surface area (Å²) >= 11 is 0. The SMILES string of the molecule is CC(O)(CNC(=O)CN1C(=O)COc2ccccc21)C(=O)O. The van der Waals surface area contributed by atoms with E-state index in [-0.39, 0.29) is 19.1 Å². The topological polar surface area (TPSA) is 116 Å². The predicted molar refractivity (Wildman–Crippen MR) is 75.6 cm³/mol. The monoisotopic (exact) mass is 308 g/mol. The van der Waals surface area contributed by atoms with E-state index >= 15 is 0 Å². The Bertz CT molecular complexity index is 613. The molecule has 1 aliphatic heterocycles. The second-order valence-electron chi connectivity index (χ2n) is 5.09. The van der Waals surface area contributed by atoms with Crippen LogP contribution in [0.5, 0.6) is 5.75 Å². The smallest absolute Gasteiger partial charge is 0.337 e. The Hall–Kier alpha value is -2.61. The Labute approximate surface area is 126 Å². The van der Waals surface area contributed by atoms with Crippen LogP contribution in [0.1, 0.15) is 6.92 Å². The molecular formula is C14H16N2O6. The highest BCUT2D eigenvalue weighted by molar-refractivity contribution is 6.02. The maximum atomic E-state index is 11.9. The quantitative estimate of drug-likeness (QED) is 0.666. The summed E-state index contributed by atoms with van der Waals surface area (Å²) in [6.45, 7) is 0.165. The molecule has 22 heavy (non-hydrogen) atoms. The van der Waals surface area contributed by atoms with Gasteiger partial charge in [0.1, 0.15) is 12.3 Å². The van der Waals surface area contributed by atoms with E-state index in [0.717, 1.165) is 6.92 Å². The Morgan fingerprint density at radius 2 is 2.09 bits per heavy atom. The zero-order valence-corrected chi connectivity index (χ0v) is 11.9. The van der Waals surface area contributed by atoms with Crippen LogP contribution >= 0.6 is 0 Å². The number of carboxylic acid groups (broad SMARTS) is 1. The number of amides is 2. The van der Waals surface area contributed by atoms with Gasteiger partial charge in [0.15, 0.2) is 12.2 Å². The second kappa shape index (κ2) is 6.02. The highest BCUT2D eigenvalue weighted by atomic mass is 16.5. The van der Waals surface area contributed by atoms with Gasteiger partial charge < -0.3 is 20.3 Å². The molecule has 0 aliphatic carbocycles. The van der Waals surface area contributed by atoms with E-state index in [9.17, 15) is 19.5 Å². The van der Waals surface area contributed by atoms with Crippen LogP contribution in [0, 0.1) is 0 Å². The molecule has 0 saturated carbocycles. The number of nitrogens with zero attached hydrogens (tertiary/aromatic N) is 1. The minimum absolute atomic E-state index is 0.170. The molecule has 1 unspecified atom stereocenters. The molecule has 1 aromatic rings. The lowest BCUT2D eigenvalue weighted by Crippen LogP contribution is -2.50. The molecule has 1 aromatic carbocycles. The number of hydrogen-bond donors (Lipinski definition) is 3. The van der Waals surface area contributed by atoms with Crippen LogP contribution < -0.4 is 15.0 Å². The van der Waals surface area contributed by atoms with Crippen LogP contribution in [0.3, 0.4) is 0 Å². The molecule has 1 atom stereocenters. The summed E-state index contributed by atoms with van der Waals surface area (Å²) in [5.74, 6) is -1.90. The summed E-state index contributed by atoms with van der Waals surface area (Å²) < 4.78 is 5.25. The number of hydrogen-bond acceptors (Lipinski definition) is 5. The zero-order chi connectivity index (χ0) is 16.3. The van der Waals surface area contributed by atoms with Crippen molar-refractivity contribution in [2.75, 3.05) is 24.6 Å². The molecule has 8 nitrogen and oxygen atoms in total. The number of fused-ring (bicyclic) bond motifs is 1. The number of aliphatic hydroxyl groups is 1. The first-order valence-electron chi connectivity index (χ1n) is 6.56. The number of rotatable bonds is 5. The van der Waals surface area contributed by atoms with Crippen molar-refractivity contribution in [2.24, 2.45) is 0 Å². The Balaban J connectivity index is 2.03. The number of carbonyl (C=O) groups excluding carboxylic acids is 2.